The summed E-state index contributed by atoms with van der Waals surface area (Å²) in [7, 11) is 0. The first kappa shape index (κ1) is 13.8. The van der Waals surface area contributed by atoms with Crippen LogP contribution in [-0.4, -0.2) is 11.0 Å². The number of benzene rings is 2. The van der Waals surface area contributed by atoms with E-state index >= 15 is 0 Å². The van der Waals surface area contributed by atoms with Gasteiger partial charge < -0.3 is 15.7 Å². The molecule has 2 aromatic carbocycles. The minimum Gasteiger partial charge on any atom is -0.488 e. The Kier molecular flexibility index (Phi) is 4.14. The van der Waals surface area contributed by atoms with Crippen LogP contribution in [0.1, 0.15) is 11.1 Å². The molecule has 0 aliphatic carbocycles. The Hall–Kier alpha value is -2.63. The maximum Gasteiger partial charge on any atom is 0.173 e. The average Bonchev–Trinajstić information content (AvgIpc) is 2.46. The Labute approximate surface area is 114 Å². The molecule has 0 aliphatic rings. The maximum atomic E-state index is 13.5. The van der Waals surface area contributed by atoms with Crippen molar-refractivity contribution in [3.63, 3.8) is 0 Å². The zero-order valence-corrected chi connectivity index (χ0v) is 10.4. The third-order valence-corrected chi connectivity index (χ3v) is 2.67. The third kappa shape index (κ3) is 3.03. The van der Waals surface area contributed by atoms with Gasteiger partial charge in [-0.1, -0.05) is 23.4 Å². The summed E-state index contributed by atoms with van der Waals surface area (Å²) in [5, 5.41) is 11.5. The highest BCUT2D eigenvalue weighted by atomic mass is 19.1. The van der Waals surface area contributed by atoms with Crippen LogP contribution in [0.4, 0.5) is 8.78 Å². The molecule has 0 radical (unpaired) electrons. The molecule has 0 aliphatic heterocycles. The monoisotopic (exact) mass is 278 g/mol. The summed E-state index contributed by atoms with van der Waals surface area (Å²) < 4.78 is 32.0. The van der Waals surface area contributed by atoms with Crippen molar-refractivity contribution < 1.29 is 18.7 Å². The summed E-state index contributed by atoms with van der Waals surface area (Å²) >= 11 is 0. The van der Waals surface area contributed by atoms with E-state index in [1.165, 1.54) is 18.2 Å². The summed E-state index contributed by atoms with van der Waals surface area (Å²) in [6.07, 6.45) is 0. The molecule has 0 heterocycles. The summed E-state index contributed by atoms with van der Waals surface area (Å²) in [4.78, 5) is 0. The van der Waals surface area contributed by atoms with Crippen LogP contribution in [0.2, 0.25) is 0 Å². The summed E-state index contributed by atoms with van der Waals surface area (Å²) in [6.45, 7) is -0.0516. The topological polar surface area (TPSA) is 67.8 Å². The molecule has 4 nitrogen and oxygen atoms in total. The number of hydrogen-bond donors (Lipinski definition) is 2. The number of halogens is 2. The van der Waals surface area contributed by atoms with Crippen LogP contribution in [0, 0.1) is 11.6 Å². The smallest absolute Gasteiger partial charge is 0.173 e. The molecule has 0 bridgehead atoms. The predicted octanol–water partition coefficient (Wildman–Crippen LogP) is 2.64. The lowest BCUT2D eigenvalue weighted by molar-refractivity contribution is 0.297. The van der Waals surface area contributed by atoms with Gasteiger partial charge in [-0.2, -0.15) is 0 Å². The second kappa shape index (κ2) is 6.01. The fourth-order valence-electron chi connectivity index (χ4n) is 1.65. The van der Waals surface area contributed by atoms with Crippen molar-refractivity contribution in [2.75, 3.05) is 0 Å². The van der Waals surface area contributed by atoms with Crippen molar-refractivity contribution in [1.82, 2.24) is 0 Å². The Morgan fingerprint density at radius 2 is 1.95 bits per heavy atom. The molecule has 0 fully saturated rings. The summed E-state index contributed by atoms with van der Waals surface area (Å²) in [5.41, 5.74) is 5.89. The first-order valence-electron chi connectivity index (χ1n) is 5.75. The van der Waals surface area contributed by atoms with Crippen molar-refractivity contribution in [1.29, 1.82) is 0 Å². The molecular formula is C14H12F2N2O2. The zero-order chi connectivity index (χ0) is 14.5. The largest absolute Gasteiger partial charge is 0.488 e. The van der Waals surface area contributed by atoms with E-state index in [1.807, 2.05) is 0 Å². The SMILES string of the molecule is NC(=NO)c1cc(F)ccc1OCc1ccccc1F. The fourth-order valence-corrected chi connectivity index (χ4v) is 1.65. The minimum atomic E-state index is -0.551. The van der Waals surface area contributed by atoms with Gasteiger partial charge in [0.2, 0.25) is 0 Å². The van der Waals surface area contributed by atoms with E-state index in [-0.39, 0.29) is 23.8 Å². The van der Waals surface area contributed by atoms with E-state index in [0.717, 1.165) is 6.07 Å². The van der Waals surface area contributed by atoms with Gasteiger partial charge in [-0.3, -0.25) is 0 Å². The van der Waals surface area contributed by atoms with Crippen LogP contribution < -0.4 is 10.5 Å². The van der Waals surface area contributed by atoms with Gasteiger partial charge in [-0.25, -0.2) is 8.78 Å². The lowest BCUT2D eigenvalue weighted by Gasteiger charge is -2.11. The van der Waals surface area contributed by atoms with Crippen LogP contribution in [0.25, 0.3) is 0 Å². The molecule has 6 heteroatoms. The normalized spacial score (nSPS) is 11.4. The lowest BCUT2D eigenvalue weighted by atomic mass is 10.1. The molecule has 0 saturated carbocycles. The molecule has 2 rings (SSSR count). The molecule has 104 valence electrons. The number of hydrogen-bond acceptors (Lipinski definition) is 3. The number of nitrogens with zero attached hydrogens (tertiary/aromatic N) is 1. The second-order valence-electron chi connectivity index (χ2n) is 4.01. The Morgan fingerprint density at radius 1 is 1.20 bits per heavy atom. The van der Waals surface area contributed by atoms with Crippen LogP contribution in [0.15, 0.2) is 47.6 Å². The Balaban J connectivity index is 2.24. The fraction of sp³-hybridized carbons (Fsp3) is 0.0714. The lowest BCUT2D eigenvalue weighted by Crippen LogP contribution is -2.15. The Morgan fingerprint density at radius 3 is 2.65 bits per heavy atom. The van der Waals surface area contributed by atoms with E-state index in [1.54, 1.807) is 18.2 Å². The highest BCUT2D eigenvalue weighted by molar-refractivity contribution is 5.99. The van der Waals surface area contributed by atoms with Gasteiger partial charge in [0.05, 0.1) is 5.56 Å². The van der Waals surface area contributed by atoms with Crippen LogP contribution >= 0.6 is 0 Å². The minimum absolute atomic E-state index is 0.0516. The molecular weight excluding hydrogens is 266 g/mol. The highest BCUT2D eigenvalue weighted by Crippen LogP contribution is 2.21. The van der Waals surface area contributed by atoms with Crippen molar-refractivity contribution in [3.05, 3.63) is 65.2 Å². The standard InChI is InChI=1S/C14H12F2N2O2/c15-10-5-6-13(11(7-10)14(17)18-19)20-8-9-3-1-2-4-12(9)16/h1-7,19H,8H2,(H2,17,18). The highest BCUT2D eigenvalue weighted by Gasteiger charge is 2.11. The predicted molar refractivity (Wildman–Crippen MR) is 69.6 cm³/mol. The van der Waals surface area contributed by atoms with Crippen molar-refractivity contribution in [3.8, 4) is 5.75 Å². The molecule has 0 amide bonds. The van der Waals surface area contributed by atoms with Crippen molar-refractivity contribution in [2.24, 2.45) is 10.9 Å². The number of amidine groups is 1. The van der Waals surface area contributed by atoms with Gasteiger partial charge in [0.1, 0.15) is 24.0 Å². The van der Waals surface area contributed by atoms with Gasteiger partial charge in [0.15, 0.2) is 5.84 Å². The van der Waals surface area contributed by atoms with Gasteiger partial charge >= 0.3 is 0 Å². The van der Waals surface area contributed by atoms with E-state index in [2.05, 4.69) is 5.16 Å². The molecule has 0 spiro atoms. The second-order valence-corrected chi connectivity index (χ2v) is 4.01. The first-order valence-corrected chi connectivity index (χ1v) is 5.75. The Bertz CT molecular complexity index is 645. The molecule has 0 aromatic heterocycles. The molecule has 0 unspecified atom stereocenters. The zero-order valence-electron chi connectivity index (χ0n) is 10.4. The average molecular weight is 278 g/mol. The van der Waals surface area contributed by atoms with Crippen molar-refractivity contribution >= 4 is 5.84 Å². The summed E-state index contributed by atoms with van der Waals surface area (Å²) in [5.74, 6) is -1.04. The van der Waals surface area contributed by atoms with E-state index in [4.69, 9.17) is 15.7 Å². The molecule has 3 N–H and O–H groups in total. The van der Waals surface area contributed by atoms with E-state index < -0.39 is 11.6 Å². The van der Waals surface area contributed by atoms with Gasteiger partial charge in [0, 0.05) is 5.56 Å². The molecule has 2 aromatic rings. The van der Waals surface area contributed by atoms with Crippen LogP contribution in [-0.2, 0) is 6.61 Å². The summed E-state index contributed by atoms with van der Waals surface area (Å²) in [6, 6.07) is 9.71. The van der Waals surface area contributed by atoms with E-state index in [0.29, 0.717) is 5.56 Å². The van der Waals surface area contributed by atoms with E-state index in [9.17, 15) is 8.78 Å². The quantitative estimate of drug-likeness (QED) is 0.391. The van der Waals surface area contributed by atoms with Gasteiger partial charge in [0.25, 0.3) is 0 Å². The number of nitrogens with two attached hydrogens (primary N) is 1. The molecule has 0 atom stereocenters. The first-order chi connectivity index (χ1) is 9.61. The number of oxime groups is 1. The molecule has 0 saturated heterocycles. The van der Waals surface area contributed by atoms with Gasteiger partial charge in [-0.15, -0.1) is 0 Å². The molecule has 20 heavy (non-hydrogen) atoms. The number of rotatable bonds is 4. The van der Waals surface area contributed by atoms with Gasteiger partial charge in [-0.05, 0) is 24.3 Å². The third-order valence-electron chi connectivity index (χ3n) is 2.67. The van der Waals surface area contributed by atoms with Crippen molar-refractivity contribution in [2.45, 2.75) is 6.61 Å². The number of ether oxygens (including phenoxy) is 1. The maximum absolute atomic E-state index is 13.5. The van der Waals surface area contributed by atoms with Crippen LogP contribution in [0.5, 0.6) is 5.75 Å². The van der Waals surface area contributed by atoms with Crippen LogP contribution in [0.3, 0.4) is 0 Å².